The Morgan fingerprint density at radius 2 is 1.92 bits per heavy atom. The first-order valence-corrected chi connectivity index (χ1v) is 4.74. The Bertz CT molecular complexity index is 234. The first-order valence-electron chi connectivity index (χ1n) is 4.74. The van der Waals surface area contributed by atoms with Gasteiger partial charge in [-0.1, -0.05) is 24.3 Å². The monoisotopic (exact) mass is 179 g/mol. The van der Waals surface area contributed by atoms with Gasteiger partial charge in [-0.15, -0.1) is 0 Å². The summed E-state index contributed by atoms with van der Waals surface area (Å²) in [5.41, 5.74) is 3.62. The van der Waals surface area contributed by atoms with E-state index in [4.69, 9.17) is 0 Å². The standard InChI is InChI=1S/C12H21N/c1-7-10(3)9-11(4)12(5)13(6)8-2/h7,9H,5,8H2,1-4,6H3/b10-7-,11-9-. The van der Waals surface area contributed by atoms with E-state index in [2.05, 4.69) is 51.4 Å². The van der Waals surface area contributed by atoms with Crippen molar-refractivity contribution in [3.8, 4) is 0 Å². The molecule has 0 aliphatic carbocycles. The number of hydrogen-bond donors (Lipinski definition) is 0. The van der Waals surface area contributed by atoms with Gasteiger partial charge >= 0.3 is 0 Å². The summed E-state index contributed by atoms with van der Waals surface area (Å²) in [7, 11) is 2.06. The minimum Gasteiger partial charge on any atom is -0.375 e. The van der Waals surface area contributed by atoms with Gasteiger partial charge in [0.25, 0.3) is 0 Å². The summed E-state index contributed by atoms with van der Waals surface area (Å²) in [5, 5.41) is 0. The van der Waals surface area contributed by atoms with Crippen molar-refractivity contribution in [2.45, 2.75) is 27.7 Å². The van der Waals surface area contributed by atoms with E-state index in [1.807, 2.05) is 6.92 Å². The molecular weight excluding hydrogens is 158 g/mol. The van der Waals surface area contributed by atoms with E-state index in [0.717, 1.165) is 12.2 Å². The Labute approximate surface area is 82.4 Å². The van der Waals surface area contributed by atoms with Crippen molar-refractivity contribution in [1.82, 2.24) is 4.90 Å². The predicted octanol–water partition coefficient (Wildman–Crippen LogP) is 3.36. The molecule has 0 aromatic carbocycles. The predicted molar refractivity (Wildman–Crippen MR) is 60.6 cm³/mol. The van der Waals surface area contributed by atoms with Crippen LogP contribution >= 0.6 is 0 Å². The quantitative estimate of drug-likeness (QED) is 0.598. The van der Waals surface area contributed by atoms with Crippen molar-refractivity contribution in [1.29, 1.82) is 0 Å². The van der Waals surface area contributed by atoms with Crippen LogP contribution < -0.4 is 0 Å². The van der Waals surface area contributed by atoms with Gasteiger partial charge in [0.2, 0.25) is 0 Å². The van der Waals surface area contributed by atoms with E-state index >= 15 is 0 Å². The van der Waals surface area contributed by atoms with Crippen molar-refractivity contribution in [3.05, 3.63) is 35.6 Å². The third-order valence-electron chi connectivity index (χ3n) is 2.29. The SMILES string of the molecule is C=C(/C(C)=C\C(C)=C/C)N(C)CC. The van der Waals surface area contributed by atoms with Crippen molar-refractivity contribution in [2.75, 3.05) is 13.6 Å². The molecule has 0 aromatic rings. The molecule has 0 fully saturated rings. The van der Waals surface area contributed by atoms with Crippen LogP contribution in [0.3, 0.4) is 0 Å². The highest BCUT2D eigenvalue weighted by Gasteiger charge is 2.00. The van der Waals surface area contributed by atoms with E-state index in [-0.39, 0.29) is 0 Å². The smallest absolute Gasteiger partial charge is 0.0320 e. The molecule has 0 rings (SSSR count). The molecule has 0 N–H and O–H groups in total. The van der Waals surface area contributed by atoms with Crippen LogP contribution in [0.1, 0.15) is 27.7 Å². The summed E-state index contributed by atoms with van der Waals surface area (Å²) >= 11 is 0. The Hall–Kier alpha value is -0.980. The average Bonchev–Trinajstić information content (AvgIpc) is 2.14. The molecule has 0 radical (unpaired) electrons. The van der Waals surface area contributed by atoms with Crippen LogP contribution in [0.5, 0.6) is 0 Å². The number of allylic oxidation sites excluding steroid dienone is 4. The van der Waals surface area contributed by atoms with Gasteiger partial charge in [-0.25, -0.2) is 0 Å². The third kappa shape index (κ3) is 3.97. The average molecular weight is 179 g/mol. The minimum atomic E-state index is 0.999. The number of hydrogen-bond acceptors (Lipinski definition) is 1. The van der Waals surface area contributed by atoms with E-state index in [9.17, 15) is 0 Å². The second kappa shape index (κ2) is 5.63. The first kappa shape index (κ1) is 12.0. The van der Waals surface area contributed by atoms with Gasteiger partial charge in [0.05, 0.1) is 0 Å². The maximum Gasteiger partial charge on any atom is 0.0320 e. The molecule has 0 unspecified atom stereocenters. The summed E-state index contributed by atoms with van der Waals surface area (Å²) in [5.74, 6) is 0. The van der Waals surface area contributed by atoms with Gasteiger partial charge in [0.1, 0.15) is 0 Å². The fourth-order valence-electron chi connectivity index (χ4n) is 1.00. The Balaban J connectivity index is 4.51. The van der Waals surface area contributed by atoms with Crippen LogP contribution in [-0.4, -0.2) is 18.5 Å². The molecule has 0 amide bonds. The second-order valence-electron chi connectivity index (χ2n) is 3.32. The van der Waals surface area contributed by atoms with Crippen molar-refractivity contribution in [3.63, 3.8) is 0 Å². The molecule has 74 valence electrons. The summed E-state index contributed by atoms with van der Waals surface area (Å²) in [6.45, 7) is 13.4. The Morgan fingerprint density at radius 3 is 2.31 bits per heavy atom. The third-order valence-corrected chi connectivity index (χ3v) is 2.29. The lowest BCUT2D eigenvalue weighted by atomic mass is 10.1. The zero-order valence-electron chi connectivity index (χ0n) is 9.52. The lowest BCUT2D eigenvalue weighted by molar-refractivity contribution is 0.451. The van der Waals surface area contributed by atoms with Crippen LogP contribution in [0.25, 0.3) is 0 Å². The van der Waals surface area contributed by atoms with Crippen LogP contribution in [0.4, 0.5) is 0 Å². The van der Waals surface area contributed by atoms with Crippen LogP contribution in [0, 0.1) is 0 Å². The minimum absolute atomic E-state index is 0.999. The van der Waals surface area contributed by atoms with Gasteiger partial charge in [0.15, 0.2) is 0 Å². The Kier molecular flexibility index (Phi) is 5.20. The first-order chi connectivity index (χ1) is 6.02. The van der Waals surface area contributed by atoms with Gasteiger partial charge in [-0.2, -0.15) is 0 Å². The maximum absolute atomic E-state index is 4.04. The Morgan fingerprint density at radius 1 is 1.38 bits per heavy atom. The normalized spacial score (nSPS) is 13.0. The summed E-state index contributed by atoms with van der Waals surface area (Å²) < 4.78 is 0. The van der Waals surface area contributed by atoms with Gasteiger partial charge in [-0.3, -0.25) is 0 Å². The molecule has 0 saturated carbocycles. The molecule has 0 aliphatic heterocycles. The maximum atomic E-state index is 4.04. The highest BCUT2D eigenvalue weighted by Crippen LogP contribution is 2.12. The molecule has 0 spiro atoms. The van der Waals surface area contributed by atoms with Crippen molar-refractivity contribution >= 4 is 0 Å². The highest BCUT2D eigenvalue weighted by atomic mass is 15.1. The molecular formula is C12H21N. The largest absolute Gasteiger partial charge is 0.375 e. The number of rotatable bonds is 4. The zero-order chi connectivity index (χ0) is 10.4. The van der Waals surface area contributed by atoms with E-state index < -0.39 is 0 Å². The topological polar surface area (TPSA) is 3.24 Å². The van der Waals surface area contributed by atoms with Crippen LogP contribution in [0.2, 0.25) is 0 Å². The molecule has 0 atom stereocenters. The lowest BCUT2D eigenvalue weighted by Gasteiger charge is -2.20. The fraction of sp³-hybridized carbons (Fsp3) is 0.500. The molecule has 1 heteroatoms. The van der Waals surface area contributed by atoms with Crippen LogP contribution in [-0.2, 0) is 0 Å². The number of nitrogens with zero attached hydrogens (tertiary/aromatic N) is 1. The van der Waals surface area contributed by atoms with E-state index in [1.54, 1.807) is 0 Å². The highest BCUT2D eigenvalue weighted by molar-refractivity contribution is 5.32. The molecule has 0 heterocycles. The summed E-state index contributed by atoms with van der Waals surface area (Å²) in [6.07, 6.45) is 4.26. The second-order valence-corrected chi connectivity index (χ2v) is 3.32. The van der Waals surface area contributed by atoms with Crippen LogP contribution in [0.15, 0.2) is 35.6 Å². The van der Waals surface area contributed by atoms with Crippen molar-refractivity contribution < 1.29 is 0 Å². The fourth-order valence-corrected chi connectivity index (χ4v) is 1.00. The molecule has 0 saturated heterocycles. The lowest BCUT2D eigenvalue weighted by Crippen LogP contribution is -2.16. The van der Waals surface area contributed by atoms with Gasteiger partial charge in [-0.05, 0) is 33.3 Å². The summed E-state index contributed by atoms with van der Waals surface area (Å²) in [6, 6.07) is 0. The zero-order valence-corrected chi connectivity index (χ0v) is 9.52. The molecule has 0 bridgehead atoms. The van der Waals surface area contributed by atoms with E-state index in [0.29, 0.717) is 0 Å². The molecule has 13 heavy (non-hydrogen) atoms. The van der Waals surface area contributed by atoms with Gasteiger partial charge < -0.3 is 4.90 Å². The van der Waals surface area contributed by atoms with E-state index in [1.165, 1.54) is 11.1 Å². The molecule has 0 aromatic heterocycles. The number of likely N-dealkylation sites (N-methyl/N-ethyl adjacent to an activating group) is 1. The van der Waals surface area contributed by atoms with Gasteiger partial charge in [0, 0.05) is 19.3 Å². The molecule has 0 aliphatic rings. The summed E-state index contributed by atoms with van der Waals surface area (Å²) in [4.78, 5) is 2.15. The molecule has 1 nitrogen and oxygen atoms in total. The van der Waals surface area contributed by atoms with Crippen molar-refractivity contribution in [2.24, 2.45) is 0 Å².